The Balaban J connectivity index is 1.94. The molecule has 0 bridgehead atoms. The number of hydrogen-bond acceptors (Lipinski definition) is 5. The second kappa shape index (κ2) is 8.12. The van der Waals surface area contributed by atoms with Crippen molar-refractivity contribution in [1.82, 2.24) is 15.6 Å². The molecular formula is C17H20ClN3O5S. The molecule has 3 N–H and O–H groups in total. The van der Waals surface area contributed by atoms with Gasteiger partial charge in [0.05, 0.1) is 6.42 Å². The van der Waals surface area contributed by atoms with Crippen molar-refractivity contribution in [2.45, 2.75) is 37.8 Å². The van der Waals surface area contributed by atoms with Crippen molar-refractivity contribution in [3.63, 3.8) is 0 Å². The van der Waals surface area contributed by atoms with Gasteiger partial charge in [0.15, 0.2) is 5.76 Å². The number of benzene rings is 1. The summed E-state index contributed by atoms with van der Waals surface area (Å²) in [6.07, 6.45) is 0.0325. The number of rotatable bonds is 5. The van der Waals surface area contributed by atoms with Crippen molar-refractivity contribution in [2.75, 3.05) is 0 Å². The lowest BCUT2D eigenvalue weighted by atomic mass is 10.1. The highest BCUT2D eigenvalue weighted by molar-refractivity contribution is 7.89. The number of amides is 2. The molecule has 0 unspecified atom stereocenters. The fraction of sp³-hybridized carbons (Fsp3) is 0.294. The Bertz CT molecular complexity index is 930. The summed E-state index contributed by atoms with van der Waals surface area (Å²) in [5.74, 6) is -1.49. The minimum atomic E-state index is -3.90. The first-order valence-corrected chi connectivity index (χ1v) is 9.80. The van der Waals surface area contributed by atoms with Gasteiger partial charge in [0.1, 0.15) is 0 Å². The molecule has 0 saturated heterocycles. The third-order valence-electron chi connectivity index (χ3n) is 3.10. The standard InChI is InChI=1S/C17H20ClN3O5S/c1-17(2,3)21-27(24,25)15-9-8-13(26-15)16(23)20-19-14(22)10-11-4-6-12(18)7-5-11/h4-9,21H,10H2,1-3H3,(H,19,22)(H,20,23). The summed E-state index contributed by atoms with van der Waals surface area (Å²) in [6, 6.07) is 9.06. The number of furan rings is 1. The fourth-order valence-electron chi connectivity index (χ4n) is 2.06. The highest BCUT2D eigenvalue weighted by Gasteiger charge is 2.26. The van der Waals surface area contributed by atoms with Gasteiger partial charge in [0.25, 0.3) is 10.0 Å². The molecule has 0 fully saturated rings. The number of halogens is 1. The molecule has 1 heterocycles. The highest BCUT2D eigenvalue weighted by atomic mass is 35.5. The van der Waals surface area contributed by atoms with E-state index in [2.05, 4.69) is 15.6 Å². The van der Waals surface area contributed by atoms with E-state index >= 15 is 0 Å². The molecule has 2 amide bonds. The lowest BCUT2D eigenvalue weighted by molar-refractivity contribution is -0.121. The van der Waals surface area contributed by atoms with Crippen molar-refractivity contribution in [1.29, 1.82) is 0 Å². The van der Waals surface area contributed by atoms with Crippen molar-refractivity contribution >= 4 is 33.4 Å². The summed E-state index contributed by atoms with van der Waals surface area (Å²) >= 11 is 5.77. The molecular weight excluding hydrogens is 394 g/mol. The van der Waals surface area contributed by atoms with Crippen LogP contribution in [-0.2, 0) is 21.2 Å². The largest absolute Gasteiger partial charge is 0.438 e. The minimum absolute atomic E-state index is 0.0325. The molecule has 1 aromatic heterocycles. The molecule has 146 valence electrons. The van der Waals surface area contributed by atoms with Gasteiger partial charge in [-0.05, 0) is 50.6 Å². The van der Waals surface area contributed by atoms with Crippen LogP contribution in [0.3, 0.4) is 0 Å². The van der Waals surface area contributed by atoms with Crippen LogP contribution >= 0.6 is 11.6 Å². The van der Waals surface area contributed by atoms with Crippen molar-refractivity contribution in [3.8, 4) is 0 Å². The van der Waals surface area contributed by atoms with E-state index in [9.17, 15) is 18.0 Å². The van der Waals surface area contributed by atoms with E-state index in [0.717, 1.165) is 0 Å². The van der Waals surface area contributed by atoms with Gasteiger partial charge in [-0.3, -0.25) is 20.4 Å². The molecule has 1 aromatic carbocycles. The SMILES string of the molecule is CC(C)(C)NS(=O)(=O)c1ccc(C(=O)NNC(=O)Cc2ccc(Cl)cc2)o1. The maximum absolute atomic E-state index is 12.2. The molecule has 0 atom stereocenters. The average Bonchev–Trinajstić information content (AvgIpc) is 3.04. The zero-order chi connectivity index (χ0) is 20.2. The van der Waals surface area contributed by atoms with Gasteiger partial charge in [0.2, 0.25) is 11.0 Å². The summed E-state index contributed by atoms with van der Waals surface area (Å²) in [7, 11) is -3.90. The topological polar surface area (TPSA) is 118 Å². The molecule has 0 saturated carbocycles. The predicted molar refractivity (Wildman–Crippen MR) is 99.5 cm³/mol. The number of hydrazine groups is 1. The normalized spacial score (nSPS) is 11.9. The van der Waals surface area contributed by atoms with Gasteiger partial charge in [-0.25, -0.2) is 13.1 Å². The molecule has 10 heteroatoms. The van der Waals surface area contributed by atoms with Gasteiger partial charge >= 0.3 is 5.91 Å². The summed E-state index contributed by atoms with van der Waals surface area (Å²) < 4.78 is 31.8. The number of nitrogens with one attached hydrogen (secondary N) is 3. The van der Waals surface area contributed by atoms with Crippen LogP contribution in [0.2, 0.25) is 5.02 Å². The molecule has 0 spiro atoms. The number of hydrogen-bond donors (Lipinski definition) is 3. The predicted octanol–water partition coefficient (Wildman–Crippen LogP) is 2.01. The fourth-order valence-corrected chi connectivity index (χ4v) is 3.54. The first kappa shape index (κ1) is 20.9. The van der Waals surface area contributed by atoms with Gasteiger partial charge in [-0.1, -0.05) is 23.7 Å². The van der Waals surface area contributed by atoms with E-state index in [4.69, 9.17) is 16.0 Å². The van der Waals surface area contributed by atoms with Gasteiger partial charge in [-0.15, -0.1) is 0 Å². The first-order chi connectivity index (χ1) is 12.5. The van der Waals surface area contributed by atoms with E-state index < -0.39 is 32.5 Å². The molecule has 2 rings (SSSR count). The Labute approximate surface area is 162 Å². The van der Waals surface area contributed by atoms with Gasteiger partial charge in [0, 0.05) is 10.6 Å². The summed E-state index contributed by atoms with van der Waals surface area (Å²) in [5, 5.41) is 0.159. The Morgan fingerprint density at radius 2 is 1.67 bits per heavy atom. The minimum Gasteiger partial charge on any atom is -0.438 e. The number of carbonyl (C=O) groups is 2. The Hall–Kier alpha value is -2.36. The van der Waals surface area contributed by atoms with E-state index in [-0.39, 0.29) is 12.2 Å². The second-order valence-electron chi connectivity index (χ2n) is 6.78. The third-order valence-corrected chi connectivity index (χ3v) is 4.99. The zero-order valence-electron chi connectivity index (χ0n) is 15.0. The van der Waals surface area contributed by atoms with Crippen LogP contribution in [-0.4, -0.2) is 25.8 Å². The van der Waals surface area contributed by atoms with Gasteiger partial charge in [-0.2, -0.15) is 0 Å². The maximum atomic E-state index is 12.2. The zero-order valence-corrected chi connectivity index (χ0v) is 16.6. The molecule has 0 aliphatic heterocycles. The molecule has 8 nitrogen and oxygen atoms in total. The summed E-state index contributed by atoms with van der Waals surface area (Å²) in [6.45, 7) is 5.03. The molecule has 0 aliphatic rings. The van der Waals surface area contributed by atoms with E-state index in [0.29, 0.717) is 10.6 Å². The Kier molecular flexibility index (Phi) is 6.30. The average molecular weight is 414 g/mol. The maximum Gasteiger partial charge on any atom is 0.305 e. The lowest BCUT2D eigenvalue weighted by Gasteiger charge is -2.18. The summed E-state index contributed by atoms with van der Waals surface area (Å²) in [4.78, 5) is 23.9. The smallest absolute Gasteiger partial charge is 0.305 e. The van der Waals surface area contributed by atoms with Crippen LogP contribution in [0.1, 0.15) is 36.9 Å². The van der Waals surface area contributed by atoms with Gasteiger partial charge < -0.3 is 4.42 Å². The Morgan fingerprint density at radius 1 is 1.04 bits per heavy atom. The Morgan fingerprint density at radius 3 is 2.26 bits per heavy atom. The van der Waals surface area contributed by atoms with Crippen LogP contribution in [0.5, 0.6) is 0 Å². The monoisotopic (exact) mass is 413 g/mol. The van der Waals surface area contributed by atoms with E-state index in [1.165, 1.54) is 12.1 Å². The van der Waals surface area contributed by atoms with Crippen LogP contribution in [0.15, 0.2) is 45.9 Å². The molecule has 2 aromatic rings. The lowest BCUT2D eigenvalue weighted by Crippen LogP contribution is -2.42. The molecule has 0 radical (unpaired) electrons. The molecule has 27 heavy (non-hydrogen) atoms. The summed E-state index contributed by atoms with van der Waals surface area (Å²) in [5.41, 5.74) is 4.41. The van der Waals surface area contributed by atoms with Crippen molar-refractivity contribution in [2.24, 2.45) is 0 Å². The van der Waals surface area contributed by atoms with Crippen LogP contribution < -0.4 is 15.6 Å². The van der Waals surface area contributed by atoms with Crippen LogP contribution in [0, 0.1) is 0 Å². The second-order valence-corrected chi connectivity index (χ2v) is 8.83. The van der Waals surface area contributed by atoms with Crippen molar-refractivity contribution < 1.29 is 22.4 Å². The molecule has 0 aliphatic carbocycles. The van der Waals surface area contributed by atoms with E-state index in [1.807, 2.05) is 0 Å². The van der Waals surface area contributed by atoms with E-state index in [1.54, 1.807) is 45.0 Å². The number of carbonyl (C=O) groups excluding carboxylic acids is 2. The quantitative estimate of drug-likeness (QED) is 0.648. The first-order valence-electron chi connectivity index (χ1n) is 7.94. The highest BCUT2D eigenvalue weighted by Crippen LogP contribution is 2.16. The number of sulfonamides is 1. The van der Waals surface area contributed by atoms with Crippen LogP contribution in [0.25, 0.3) is 0 Å². The third kappa shape index (κ3) is 6.38. The van der Waals surface area contributed by atoms with Crippen LogP contribution in [0.4, 0.5) is 0 Å². The van der Waals surface area contributed by atoms with Crippen molar-refractivity contribution in [3.05, 3.63) is 52.7 Å².